The summed E-state index contributed by atoms with van der Waals surface area (Å²) < 4.78 is 5.09. The van der Waals surface area contributed by atoms with Gasteiger partial charge in [-0.15, -0.1) is 11.3 Å². The number of aromatic amines is 1. The van der Waals surface area contributed by atoms with E-state index in [0.29, 0.717) is 13.2 Å². The molecule has 0 aromatic carbocycles. The minimum Gasteiger partial charge on any atom is -0.383 e. The summed E-state index contributed by atoms with van der Waals surface area (Å²) in [7, 11) is 3.71. The molecule has 3 aromatic heterocycles. The Labute approximate surface area is 144 Å². The van der Waals surface area contributed by atoms with Crippen molar-refractivity contribution in [2.24, 2.45) is 0 Å². The second-order valence-corrected chi connectivity index (χ2v) is 6.18. The number of ether oxygens (including phenoxy) is 1. The van der Waals surface area contributed by atoms with Crippen LogP contribution in [0.3, 0.4) is 0 Å². The minimum atomic E-state index is 0.674. The highest BCUT2D eigenvalue weighted by atomic mass is 32.1. The lowest BCUT2D eigenvalue weighted by Gasteiger charge is -2.17. The van der Waals surface area contributed by atoms with Crippen molar-refractivity contribution in [3.8, 4) is 10.7 Å². The van der Waals surface area contributed by atoms with Crippen molar-refractivity contribution < 1.29 is 4.74 Å². The molecular formula is C16H20N6OS. The SMILES string of the molecule is COCCN(C)c1ccc(CNc2cn[nH]c2-c2nccs2)cn1. The highest BCUT2D eigenvalue weighted by Gasteiger charge is 2.10. The van der Waals surface area contributed by atoms with Crippen molar-refractivity contribution in [2.75, 3.05) is 37.5 Å². The lowest BCUT2D eigenvalue weighted by molar-refractivity contribution is 0.206. The van der Waals surface area contributed by atoms with Crippen LogP contribution < -0.4 is 10.2 Å². The smallest absolute Gasteiger partial charge is 0.143 e. The first kappa shape index (κ1) is 16.4. The van der Waals surface area contributed by atoms with E-state index in [4.69, 9.17) is 4.74 Å². The molecule has 0 aliphatic carbocycles. The topological polar surface area (TPSA) is 79.0 Å². The fourth-order valence-electron chi connectivity index (χ4n) is 2.22. The van der Waals surface area contributed by atoms with Crippen molar-refractivity contribution in [3.63, 3.8) is 0 Å². The summed E-state index contributed by atoms with van der Waals surface area (Å²) in [6, 6.07) is 4.09. The Morgan fingerprint density at radius 1 is 1.29 bits per heavy atom. The monoisotopic (exact) mass is 344 g/mol. The number of thiazole rings is 1. The molecule has 3 rings (SSSR count). The molecule has 0 amide bonds. The summed E-state index contributed by atoms with van der Waals surface area (Å²) in [5.74, 6) is 0.933. The van der Waals surface area contributed by atoms with Crippen LogP contribution in [0.4, 0.5) is 11.5 Å². The molecule has 3 heterocycles. The zero-order valence-electron chi connectivity index (χ0n) is 13.7. The lowest BCUT2D eigenvalue weighted by atomic mass is 10.2. The average Bonchev–Trinajstić information content (AvgIpc) is 3.29. The van der Waals surface area contributed by atoms with Crippen LogP contribution in [0.5, 0.6) is 0 Å². The van der Waals surface area contributed by atoms with Crippen LogP contribution in [-0.2, 0) is 11.3 Å². The average molecular weight is 344 g/mol. The molecule has 0 saturated carbocycles. The third kappa shape index (κ3) is 3.90. The standard InChI is InChI=1S/C16H20N6OS/c1-22(6-7-23-2)14-4-3-12(10-19-14)9-18-13-11-20-21-15(13)16-17-5-8-24-16/h3-5,8,10-11,18H,6-7,9H2,1-2H3,(H,20,21). The highest BCUT2D eigenvalue weighted by molar-refractivity contribution is 7.13. The Bertz CT molecular complexity index is 740. The molecule has 3 aromatic rings. The largest absolute Gasteiger partial charge is 0.383 e. The van der Waals surface area contributed by atoms with Gasteiger partial charge >= 0.3 is 0 Å². The molecule has 0 saturated heterocycles. The molecule has 0 aliphatic rings. The van der Waals surface area contributed by atoms with Crippen molar-refractivity contribution in [1.29, 1.82) is 0 Å². The predicted molar refractivity (Wildman–Crippen MR) is 96.4 cm³/mol. The maximum Gasteiger partial charge on any atom is 0.143 e. The number of likely N-dealkylation sites (N-methyl/N-ethyl adjacent to an activating group) is 1. The number of aromatic nitrogens is 4. The Balaban J connectivity index is 1.61. The fourth-order valence-corrected chi connectivity index (χ4v) is 2.86. The van der Waals surface area contributed by atoms with Gasteiger partial charge in [-0.05, 0) is 11.6 Å². The van der Waals surface area contributed by atoms with Crippen molar-refractivity contribution in [3.05, 3.63) is 41.7 Å². The van der Waals surface area contributed by atoms with E-state index in [1.54, 1.807) is 30.8 Å². The van der Waals surface area contributed by atoms with E-state index in [-0.39, 0.29) is 0 Å². The van der Waals surface area contributed by atoms with Crippen molar-refractivity contribution in [2.45, 2.75) is 6.54 Å². The van der Waals surface area contributed by atoms with Gasteiger partial charge in [0.1, 0.15) is 16.5 Å². The maximum absolute atomic E-state index is 5.09. The Hall–Kier alpha value is -2.45. The molecule has 0 atom stereocenters. The van der Waals surface area contributed by atoms with Gasteiger partial charge in [-0.2, -0.15) is 5.10 Å². The number of nitrogens with zero attached hydrogens (tertiary/aromatic N) is 4. The van der Waals surface area contributed by atoms with Crippen LogP contribution in [0.1, 0.15) is 5.56 Å². The van der Waals surface area contributed by atoms with E-state index < -0.39 is 0 Å². The summed E-state index contributed by atoms with van der Waals surface area (Å²) in [4.78, 5) is 10.9. The zero-order valence-corrected chi connectivity index (χ0v) is 14.5. The van der Waals surface area contributed by atoms with Crippen LogP contribution >= 0.6 is 11.3 Å². The van der Waals surface area contributed by atoms with Gasteiger partial charge in [-0.25, -0.2) is 9.97 Å². The molecule has 0 spiro atoms. The predicted octanol–water partition coefficient (Wildman–Crippen LogP) is 2.62. The second kappa shape index (κ2) is 7.89. The molecule has 0 fully saturated rings. The first-order valence-electron chi connectivity index (χ1n) is 7.60. The number of anilines is 2. The summed E-state index contributed by atoms with van der Waals surface area (Å²) in [6.45, 7) is 2.17. The van der Waals surface area contributed by atoms with Crippen molar-refractivity contribution >= 4 is 22.8 Å². The molecule has 0 aliphatic heterocycles. The molecule has 24 heavy (non-hydrogen) atoms. The number of hydrogen-bond donors (Lipinski definition) is 2. The molecular weight excluding hydrogens is 324 g/mol. The summed E-state index contributed by atoms with van der Waals surface area (Å²) in [6.07, 6.45) is 5.44. The number of methoxy groups -OCH3 is 1. The van der Waals surface area contributed by atoms with Crippen LogP contribution in [-0.4, -0.2) is 47.5 Å². The summed E-state index contributed by atoms with van der Waals surface area (Å²) in [5, 5.41) is 13.3. The molecule has 0 unspecified atom stereocenters. The number of rotatable bonds is 8. The van der Waals surface area contributed by atoms with Gasteiger partial charge in [0.15, 0.2) is 0 Å². The fraction of sp³-hybridized carbons (Fsp3) is 0.312. The van der Waals surface area contributed by atoms with Gasteiger partial charge in [0.25, 0.3) is 0 Å². The first-order chi connectivity index (χ1) is 11.8. The Morgan fingerprint density at radius 3 is 2.92 bits per heavy atom. The third-order valence-electron chi connectivity index (χ3n) is 3.60. The summed E-state index contributed by atoms with van der Waals surface area (Å²) >= 11 is 1.58. The highest BCUT2D eigenvalue weighted by Crippen LogP contribution is 2.27. The van der Waals surface area contributed by atoms with E-state index >= 15 is 0 Å². The third-order valence-corrected chi connectivity index (χ3v) is 4.39. The Kier molecular flexibility index (Phi) is 5.39. The maximum atomic E-state index is 5.09. The molecule has 2 N–H and O–H groups in total. The van der Waals surface area contributed by atoms with Crippen LogP contribution in [0, 0.1) is 0 Å². The second-order valence-electron chi connectivity index (χ2n) is 5.29. The van der Waals surface area contributed by atoms with E-state index in [1.807, 2.05) is 24.7 Å². The normalized spacial score (nSPS) is 10.8. The number of nitrogens with one attached hydrogen (secondary N) is 2. The molecule has 0 radical (unpaired) electrons. The van der Waals surface area contributed by atoms with Crippen LogP contribution in [0.25, 0.3) is 10.7 Å². The van der Waals surface area contributed by atoms with Gasteiger partial charge < -0.3 is 15.0 Å². The molecule has 126 valence electrons. The number of H-pyrrole nitrogens is 1. The number of hydrogen-bond acceptors (Lipinski definition) is 7. The van der Waals surface area contributed by atoms with Gasteiger partial charge in [0.2, 0.25) is 0 Å². The van der Waals surface area contributed by atoms with E-state index in [2.05, 4.69) is 36.4 Å². The molecule has 0 bridgehead atoms. The first-order valence-corrected chi connectivity index (χ1v) is 8.48. The van der Waals surface area contributed by atoms with E-state index in [0.717, 1.165) is 34.3 Å². The number of pyridine rings is 1. The van der Waals surface area contributed by atoms with Gasteiger partial charge in [0, 0.05) is 45.0 Å². The van der Waals surface area contributed by atoms with Gasteiger partial charge in [-0.3, -0.25) is 5.10 Å². The quantitative estimate of drug-likeness (QED) is 0.654. The molecule has 8 heteroatoms. The van der Waals surface area contributed by atoms with Crippen molar-refractivity contribution in [1.82, 2.24) is 20.2 Å². The van der Waals surface area contributed by atoms with E-state index in [1.165, 1.54) is 0 Å². The van der Waals surface area contributed by atoms with Gasteiger partial charge in [-0.1, -0.05) is 6.07 Å². The van der Waals surface area contributed by atoms with E-state index in [9.17, 15) is 0 Å². The van der Waals surface area contributed by atoms with Crippen LogP contribution in [0.15, 0.2) is 36.1 Å². The summed E-state index contributed by atoms with van der Waals surface area (Å²) in [5.41, 5.74) is 2.95. The lowest BCUT2D eigenvalue weighted by Crippen LogP contribution is -2.22. The minimum absolute atomic E-state index is 0.674. The molecule has 7 nitrogen and oxygen atoms in total. The Morgan fingerprint density at radius 2 is 2.21 bits per heavy atom. The van der Waals surface area contributed by atoms with Gasteiger partial charge in [0.05, 0.1) is 18.5 Å². The van der Waals surface area contributed by atoms with Crippen LogP contribution in [0.2, 0.25) is 0 Å². The zero-order chi connectivity index (χ0) is 16.8.